The first kappa shape index (κ1) is 30.5. The summed E-state index contributed by atoms with van der Waals surface area (Å²) in [5.41, 5.74) is 0.210. The van der Waals surface area contributed by atoms with Crippen LogP contribution < -0.4 is 4.18 Å². The number of benzene rings is 1. The van der Waals surface area contributed by atoms with Gasteiger partial charge in [-0.25, -0.2) is 0 Å². The van der Waals surface area contributed by atoms with Crippen molar-refractivity contribution in [2.45, 2.75) is 71.8 Å². The van der Waals surface area contributed by atoms with E-state index in [0.717, 1.165) is 36.8 Å². The van der Waals surface area contributed by atoms with Gasteiger partial charge in [0, 0.05) is 40.9 Å². The van der Waals surface area contributed by atoms with Gasteiger partial charge in [-0.1, -0.05) is 43.7 Å². The lowest BCUT2D eigenvalue weighted by molar-refractivity contribution is -0.185. The zero-order chi connectivity index (χ0) is 30.7. The van der Waals surface area contributed by atoms with Crippen molar-refractivity contribution in [3.8, 4) is 5.75 Å². The van der Waals surface area contributed by atoms with Crippen LogP contribution in [0.1, 0.15) is 66.2 Å². The van der Waals surface area contributed by atoms with Crippen LogP contribution in [0.2, 0.25) is 0 Å². The number of para-hydroxylation sites is 1. The molecule has 2 aromatic rings. The topological polar surface area (TPSA) is 140 Å². The summed E-state index contributed by atoms with van der Waals surface area (Å²) in [6.07, 6.45) is 9.86. The molecular weight excluding hydrogens is 582 g/mol. The molecule has 2 N–H and O–H groups in total. The number of carbonyl (C=O) groups excluding carboxylic acids is 3. The van der Waals surface area contributed by atoms with Gasteiger partial charge in [0.25, 0.3) is 0 Å². The molecule has 2 fully saturated rings. The fourth-order valence-corrected chi connectivity index (χ4v) is 9.14. The van der Waals surface area contributed by atoms with Crippen molar-refractivity contribution in [3.05, 3.63) is 53.2 Å². The average molecular weight is 618 g/mol. The van der Waals surface area contributed by atoms with Gasteiger partial charge in [0.1, 0.15) is 0 Å². The largest absolute Gasteiger partial charge is 0.451 e. The number of hydrogen-bond donors (Lipinski definition) is 2. The summed E-state index contributed by atoms with van der Waals surface area (Å²) in [6.45, 7) is 7.33. The second kappa shape index (κ2) is 10.6. The summed E-state index contributed by atoms with van der Waals surface area (Å²) in [5.74, 6) is 0.671. The number of nitrogens with one attached hydrogen (secondary N) is 1. The number of allylic oxidation sites excluding steroid dienone is 4. The van der Waals surface area contributed by atoms with E-state index in [2.05, 4.69) is 29.1 Å². The Labute approximate surface area is 250 Å². The van der Waals surface area contributed by atoms with Crippen molar-refractivity contribution >= 4 is 50.4 Å². The lowest BCUT2D eigenvalue weighted by atomic mass is 9.48. The Hall–Kier alpha value is -2.95. The molecule has 0 spiro atoms. The molecule has 1 heterocycles. The van der Waals surface area contributed by atoms with E-state index in [0.29, 0.717) is 29.2 Å². The van der Waals surface area contributed by atoms with E-state index in [1.165, 1.54) is 13.1 Å². The monoisotopic (exact) mass is 617 g/mol. The summed E-state index contributed by atoms with van der Waals surface area (Å²) in [5, 5.41) is 1.29. The van der Waals surface area contributed by atoms with Crippen molar-refractivity contribution < 1.29 is 36.3 Å². The minimum absolute atomic E-state index is 0.0490. The van der Waals surface area contributed by atoms with E-state index in [1.807, 2.05) is 0 Å². The van der Waals surface area contributed by atoms with Crippen LogP contribution in [0.3, 0.4) is 0 Å². The molecule has 11 heteroatoms. The molecule has 0 unspecified atom stereocenters. The molecule has 1 aromatic carbocycles. The SMILES string of the molecule is CC(=O)O[C@]1(C(C)=O)CC[C@H]2[C@@H]3C=C(Cl)C4=CC(=O)CC[C@]4(C)[C@H]3CC[C@@]21C.O=S(=O)(O)Oc1c[nH]c2ccccc12. The van der Waals surface area contributed by atoms with Gasteiger partial charge in [0.15, 0.2) is 22.9 Å². The Morgan fingerprint density at radius 3 is 2.43 bits per heavy atom. The molecule has 9 nitrogen and oxygen atoms in total. The quantitative estimate of drug-likeness (QED) is 0.310. The molecule has 6 rings (SSSR count). The summed E-state index contributed by atoms with van der Waals surface area (Å²) in [4.78, 5) is 39.5. The van der Waals surface area contributed by atoms with Gasteiger partial charge in [-0.2, -0.15) is 8.42 Å². The number of carbonyl (C=O) groups is 3. The van der Waals surface area contributed by atoms with E-state index < -0.39 is 16.0 Å². The number of rotatable bonds is 4. The molecule has 4 aliphatic rings. The standard InChI is InChI=1S/C23H29ClO4.C8H7NO4S/c1-13(25)23(28-14(2)26)10-7-18-16-12-20(24)19-11-15(27)5-8-21(19,3)17(16)6-9-22(18,23)4;10-14(11,12)13-8-5-9-7-4-2-1-3-6(7)8/h11-12,16-18H,5-10H2,1-4H3;1-5,9H,(H,10,11,12)/t16-,17+,18+,21-,22+,23+;/m1./s1. The maximum absolute atomic E-state index is 12.7. The molecule has 42 heavy (non-hydrogen) atoms. The Kier molecular flexibility index (Phi) is 7.73. The average Bonchev–Trinajstić information content (AvgIpc) is 3.43. The summed E-state index contributed by atoms with van der Waals surface area (Å²) in [6, 6.07) is 7.00. The van der Waals surface area contributed by atoms with Crippen LogP contribution in [0.4, 0.5) is 0 Å². The van der Waals surface area contributed by atoms with Crippen LogP contribution in [0.5, 0.6) is 5.75 Å². The van der Waals surface area contributed by atoms with Crippen LogP contribution >= 0.6 is 11.6 Å². The molecule has 0 amide bonds. The van der Waals surface area contributed by atoms with Crippen molar-refractivity contribution in [2.24, 2.45) is 28.6 Å². The fourth-order valence-electron chi connectivity index (χ4n) is 8.36. The van der Waals surface area contributed by atoms with Gasteiger partial charge in [0.2, 0.25) is 0 Å². The maximum Gasteiger partial charge on any atom is 0.446 e. The van der Waals surface area contributed by atoms with Gasteiger partial charge in [-0.05, 0) is 86.0 Å². The lowest BCUT2D eigenvalue weighted by Gasteiger charge is -2.57. The van der Waals surface area contributed by atoms with Crippen LogP contribution in [0, 0.1) is 28.6 Å². The van der Waals surface area contributed by atoms with Gasteiger partial charge < -0.3 is 13.9 Å². The molecule has 0 saturated heterocycles. The number of fused-ring (bicyclic) bond motifs is 6. The summed E-state index contributed by atoms with van der Waals surface area (Å²) < 4.78 is 39.5. The third-order valence-electron chi connectivity index (χ3n) is 10.3. The van der Waals surface area contributed by atoms with E-state index >= 15 is 0 Å². The Balaban J connectivity index is 0.000000211. The molecule has 0 radical (unpaired) electrons. The number of hydrogen-bond acceptors (Lipinski definition) is 7. The third kappa shape index (κ3) is 5.01. The number of ketones is 2. The number of aromatic amines is 1. The van der Waals surface area contributed by atoms with E-state index in [4.69, 9.17) is 20.9 Å². The molecule has 6 atom stereocenters. The second-order valence-corrected chi connectivity index (χ2v) is 13.9. The van der Waals surface area contributed by atoms with Crippen molar-refractivity contribution in [3.63, 3.8) is 0 Å². The molecule has 2 saturated carbocycles. The fraction of sp³-hybridized carbons (Fsp3) is 0.516. The molecule has 4 aliphatic carbocycles. The number of esters is 1. The highest BCUT2D eigenvalue weighted by Gasteiger charge is 2.67. The number of halogens is 1. The maximum atomic E-state index is 12.7. The molecule has 0 bridgehead atoms. The Morgan fingerprint density at radius 1 is 1.07 bits per heavy atom. The van der Waals surface area contributed by atoms with E-state index in [1.54, 1.807) is 37.3 Å². The predicted octanol–water partition coefficient (Wildman–Crippen LogP) is 6.10. The highest BCUT2D eigenvalue weighted by atomic mass is 35.5. The Bertz CT molecular complexity index is 1630. The smallest absolute Gasteiger partial charge is 0.446 e. The number of H-pyrrole nitrogens is 1. The van der Waals surface area contributed by atoms with Gasteiger partial charge in [-0.15, -0.1) is 0 Å². The van der Waals surface area contributed by atoms with Gasteiger partial charge >= 0.3 is 16.4 Å². The van der Waals surface area contributed by atoms with E-state index in [-0.39, 0.29) is 46.0 Å². The highest BCUT2D eigenvalue weighted by Crippen LogP contribution is 2.68. The number of aromatic nitrogens is 1. The minimum Gasteiger partial charge on any atom is -0.451 e. The van der Waals surface area contributed by atoms with Crippen molar-refractivity contribution in [2.75, 3.05) is 0 Å². The molecule has 226 valence electrons. The summed E-state index contributed by atoms with van der Waals surface area (Å²) in [7, 11) is -4.46. The normalized spacial score (nSPS) is 33.7. The van der Waals surface area contributed by atoms with Crippen LogP contribution in [0.25, 0.3) is 10.9 Å². The molecular formula is C31H36ClNO8S. The number of ether oxygens (including phenoxy) is 1. The van der Waals surface area contributed by atoms with Crippen molar-refractivity contribution in [1.82, 2.24) is 4.98 Å². The minimum atomic E-state index is -4.46. The van der Waals surface area contributed by atoms with Crippen LogP contribution in [-0.2, 0) is 29.5 Å². The first-order valence-corrected chi connectivity index (χ1v) is 15.9. The Morgan fingerprint density at radius 2 is 1.76 bits per heavy atom. The van der Waals surface area contributed by atoms with Crippen LogP contribution in [-0.4, -0.2) is 41.1 Å². The first-order valence-electron chi connectivity index (χ1n) is 14.2. The summed E-state index contributed by atoms with van der Waals surface area (Å²) >= 11 is 6.71. The van der Waals surface area contributed by atoms with Crippen LogP contribution in [0.15, 0.2) is 53.2 Å². The van der Waals surface area contributed by atoms with Gasteiger partial charge in [0.05, 0.1) is 0 Å². The molecule has 1 aromatic heterocycles. The van der Waals surface area contributed by atoms with E-state index in [9.17, 15) is 22.8 Å². The first-order chi connectivity index (χ1) is 19.6. The molecule has 0 aliphatic heterocycles. The predicted molar refractivity (Wildman–Crippen MR) is 157 cm³/mol. The lowest BCUT2D eigenvalue weighted by Crippen LogP contribution is -2.58. The second-order valence-electron chi connectivity index (χ2n) is 12.4. The third-order valence-corrected chi connectivity index (χ3v) is 11.0. The zero-order valence-electron chi connectivity index (χ0n) is 24.1. The zero-order valence-corrected chi connectivity index (χ0v) is 25.7. The van der Waals surface area contributed by atoms with Gasteiger partial charge in [-0.3, -0.25) is 18.9 Å². The number of Topliss-reactive ketones (excluding diaryl/α,β-unsaturated/α-hetero) is 1. The highest BCUT2D eigenvalue weighted by molar-refractivity contribution is 7.81. The van der Waals surface area contributed by atoms with Crippen molar-refractivity contribution in [1.29, 1.82) is 0 Å².